The van der Waals surface area contributed by atoms with Gasteiger partial charge < -0.3 is 5.11 Å². The molecule has 2 heteroatoms. The zero-order chi connectivity index (χ0) is 12.4. The topological polar surface area (TPSA) is 33.1 Å². The summed E-state index contributed by atoms with van der Waals surface area (Å²) < 4.78 is 0. The second kappa shape index (κ2) is 4.91. The molecule has 1 aliphatic rings. The molecule has 1 fully saturated rings. The van der Waals surface area contributed by atoms with E-state index < -0.39 is 6.10 Å². The maximum Gasteiger partial charge on any atom is 0.106 e. The number of hydrogen-bond donors (Lipinski definition) is 1. The zero-order valence-electron chi connectivity index (χ0n) is 10.3. The Kier molecular flexibility index (Phi) is 3.11. The highest BCUT2D eigenvalue weighted by Crippen LogP contribution is 2.40. The zero-order valence-corrected chi connectivity index (χ0v) is 10.3. The lowest BCUT2D eigenvalue weighted by Crippen LogP contribution is -2.13. The molecule has 3 rings (SSSR count). The van der Waals surface area contributed by atoms with E-state index in [2.05, 4.69) is 17.1 Å². The van der Waals surface area contributed by atoms with Gasteiger partial charge in [0.1, 0.15) is 6.10 Å². The van der Waals surface area contributed by atoms with Crippen molar-refractivity contribution in [2.24, 2.45) is 0 Å². The van der Waals surface area contributed by atoms with Crippen LogP contribution in [0, 0.1) is 0 Å². The Morgan fingerprint density at radius 1 is 1.11 bits per heavy atom. The Labute approximate surface area is 107 Å². The van der Waals surface area contributed by atoms with Gasteiger partial charge in [0, 0.05) is 18.0 Å². The van der Waals surface area contributed by atoms with Gasteiger partial charge in [0.25, 0.3) is 0 Å². The maximum atomic E-state index is 10.5. The van der Waals surface area contributed by atoms with Crippen LogP contribution in [0.2, 0.25) is 0 Å². The summed E-state index contributed by atoms with van der Waals surface area (Å²) in [4.78, 5) is 4.08. The summed E-state index contributed by atoms with van der Waals surface area (Å²) in [6.07, 6.45) is 6.71. The summed E-state index contributed by atoms with van der Waals surface area (Å²) in [5.41, 5.74) is 3.21. The summed E-state index contributed by atoms with van der Waals surface area (Å²) in [6, 6.07) is 12.0. The lowest BCUT2D eigenvalue weighted by Gasteiger charge is -2.29. The molecule has 1 atom stereocenters. The van der Waals surface area contributed by atoms with Crippen molar-refractivity contribution < 1.29 is 5.11 Å². The summed E-state index contributed by atoms with van der Waals surface area (Å²) >= 11 is 0. The molecular weight excluding hydrogens is 222 g/mol. The Morgan fingerprint density at radius 2 is 1.94 bits per heavy atom. The number of benzene rings is 1. The third kappa shape index (κ3) is 2.04. The third-order valence-corrected chi connectivity index (χ3v) is 3.84. The molecule has 0 saturated heterocycles. The second-order valence-electron chi connectivity index (χ2n) is 4.95. The molecule has 1 saturated carbocycles. The fraction of sp³-hybridized carbons (Fsp3) is 0.312. The highest BCUT2D eigenvalue weighted by atomic mass is 16.3. The SMILES string of the molecule is OC(c1cccnc1)c1ccccc1C1CCC1. The van der Waals surface area contributed by atoms with Crippen molar-refractivity contribution in [2.45, 2.75) is 31.3 Å². The van der Waals surface area contributed by atoms with E-state index in [4.69, 9.17) is 0 Å². The van der Waals surface area contributed by atoms with E-state index in [9.17, 15) is 5.11 Å². The first-order valence-electron chi connectivity index (χ1n) is 6.53. The second-order valence-corrected chi connectivity index (χ2v) is 4.95. The first-order chi connectivity index (χ1) is 8.86. The highest BCUT2D eigenvalue weighted by molar-refractivity contribution is 5.37. The van der Waals surface area contributed by atoms with Gasteiger partial charge in [-0.1, -0.05) is 36.8 Å². The molecule has 1 aromatic heterocycles. The molecule has 1 N–H and O–H groups in total. The first kappa shape index (κ1) is 11.4. The van der Waals surface area contributed by atoms with Gasteiger partial charge in [0.05, 0.1) is 0 Å². The van der Waals surface area contributed by atoms with Crippen LogP contribution in [0.1, 0.15) is 48.0 Å². The number of pyridine rings is 1. The van der Waals surface area contributed by atoms with Crippen LogP contribution in [0.3, 0.4) is 0 Å². The lowest BCUT2D eigenvalue weighted by molar-refractivity contribution is 0.216. The molecule has 92 valence electrons. The Bertz CT molecular complexity index is 520. The van der Waals surface area contributed by atoms with Gasteiger partial charge in [0.15, 0.2) is 0 Å². The Hall–Kier alpha value is -1.67. The average Bonchev–Trinajstić information content (AvgIpc) is 2.38. The van der Waals surface area contributed by atoms with E-state index in [1.807, 2.05) is 24.3 Å². The van der Waals surface area contributed by atoms with E-state index in [0.29, 0.717) is 5.92 Å². The number of rotatable bonds is 3. The van der Waals surface area contributed by atoms with Crippen LogP contribution in [0.25, 0.3) is 0 Å². The lowest BCUT2D eigenvalue weighted by atomic mass is 9.77. The monoisotopic (exact) mass is 239 g/mol. The van der Waals surface area contributed by atoms with E-state index in [1.165, 1.54) is 24.8 Å². The van der Waals surface area contributed by atoms with E-state index in [-0.39, 0.29) is 0 Å². The summed E-state index contributed by atoms with van der Waals surface area (Å²) in [5, 5.41) is 10.5. The van der Waals surface area contributed by atoms with Crippen molar-refractivity contribution in [3.05, 3.63) is 65.5 Å². The molecule has 2 aromatic rings. The normalized spacial score (nSPS) is 17.2. The van der Waals surface area contributed by atoms with Crippen molar-refractivity contribution in [3.8, 4) is 0 Å². The molecule has 2 nitrogen and oxygen atoms in total. The van der Waals surface area contributed by atoms with Crippen molar-refractivity contribution in [3.63, 3.8) is 0 Å². The molecule has 0 amide bonds. The van der Waals surface area contributed by atoms with Crippen LogP contribution in [-0.4, -0.2) is 10.1 Å². The molecule has 1 unspecified atom stereocenters. The van der Waals surface area contributed by atoms with Gasteiger partial charge in [-0.2, -0.15) is 0 Å². The van der Waals surface area contributed by atoms with E-state index in [0.717, 1.165) is 11.1 Å². The van der Waals surface area contributed by atoms with Crippen molar-refractivity contribution >= 4 is 0 Å². The summed E-state index contributed by atoms with van der Waals surface area (Å²) in [6.45, 7) is 0. The number of aliphatic hydroxyl groups is 1. The fourth-order valence-electron chi connectivity index (χ4n) is 2.57. The minimum Gasteiger partial charge on any atom is -0.384 e. The average molecular weight is 239 g/mol. The Balaban J connectivity index is 1.96. The predicted octanol–water partition coefficient (Wildman–Crippen LogP) is 3.43. The van der Waals surface area contributed by atoms with Crippen LogP contribution in [0.4, 0.5) is 0 Å². The maximum absolute atomic E-state index is 10.5. The van der Waals surface area contributed by atoms with Crippen LogP contribution >= 0.6 is 0 Å². The van der Waals surface area contributed by atoms with Crippen LogP contribution < -0.4 is 0 Å². The predicted molar refractivity (Wildman–Crippen MR) is 71.3 cm³/mol. The number of aromatic nitrogens is 1. The molecule has 1 aromatic carbocycles. The molecular formula is C16H17NO. The molecule has 0 spiro atoms. The van der Waals surface area contributed by atoms with Gasteiger partial charge in [-0.3, -0.25) is 4.98 Å². The molecule has 1 heterocycles. The minimum atomic E-state index is -0.560. The van der Waals surface area contributed by atoms with Crippen molar-refractivity contribution in [1.82, 2.24) is 4.98 Å². The third-order valence-electron chi connectivity index (χ3n) is 3.84. The molecule has 1 aliphatic carbocycles. The number of hydrogen-bond acceptors (Lipinski definition) is 2. The van der Waals surface area contributed by atoms with Gasteiger partial charge in [-0.05, 0) is 36.0 Å². The van der Waals surface area contributed by atoms with Gasteiger partial charge >= 0.3 is 0 Å². The molecule has 0 radical (unpaired) electrons. The van der Waals surface area contributed by atoms with E-state index >= 15 is 0 Å². The molecule has 18 heavy (non-hydrogen) atoms. The van der Waals surface area contributed by atoms with Gasteiger partial charge in [-0.15, -0.1) is 0 Å². The fourth-order valence-corrected chi connectivity index (χ4v) is 2.57. The largest absolute Gasteiger partial charge is 0.384 e. The first-order valence-corrected chi connectivity index (χ1v) is 6.53. The highest BCUT2D eigenvalue weighted by Gasteiger charge is 2.24. The van der Waals surface area contributed by atoms with E-state index in [1.54, 1.807) is 12.4 Å². The smallest absolute Gasteiger partial charge is 0.106 e. The van der Waals surface area contributed by atoms with Crippen LogP contribution in [-0.2, 0) is 0 Å². The molecule has 0 bridgehead atoms. The molecule has 0 aliphatic heterocycles. The van der Waals surface area contributed by atoms with Crippen molar-refractivity contribution in [2.75, 3.05) is 0 Å². The Morgan fingerprint density at radius 3 is 2.61 bits per heavy atom. The summed E-state index contributed by atoms with van der Waals surface area (Å²) in [5.74, 6) is 0.632. The number of aliphatic hydroxyl groups excluding tert-OH is 1. The summed E-state index contributed by atoms with van der Waals surface area (Å²) in [7, 11) is 0. The van der Waals surface area contributed by atoms with Crippen molar-refractivity contribution in [1.29, 1.82) is 0 Å². The number of nitrogens with zero attached hydrogens (tertiary/aromatic N) is 1. The van der Waals surface area contributed by atoms with Gasteiger partial charge in [-0.25, -0.2) is 0 Å². The van der Waals surface area contributed by atoms with Gasteiger partial charge in [0.2, 0.25) is 0 Å². The van der Waals surface area contributed by atoms with Crippen LogP contribution in [0.5, 0.6) is 0 Å². The standard InChI is InChI=1S/C16H17NO/c18-16(13-7-4-10-17-11-13)15-9-2-1-8-14(15)12-5-3-6-12/h1-2,4,7-12,16,18H,3,5-6H2. The minimum absolute atomic E-state index is 0.560. The van der Waals surface area contributed by atoms with Crippen LogP contribution in [0.15, 0.2) is 48.8 Å². The quantitative estimate of drug-likeness (QED) is 0.890.